The number of carbonyl (C=O) groups is 3. The van der Waals surface area contributed by atoms with Gasteiger partial charge >= 0.3 is 12.0 Å². The highest BCUT2D eigenvalue weighted by Gasteiger charge is 2.44. The van der Waals surface area contributed by atoms with Crippen molar-refractivity contribution in [2.24, 2.45) is 5.41 Å². The molecule has 1 aliphatic heterocycles. The monoisotopic (exact) mass is 297 g/mol. The zero-order valence-electron chi connectivity index (χ0n) is 12.5. The van der Waals surface area contributed by atoms with Gasteiger partial charge in [0.2, 0.25) is 5.91 Å². The first kappa shape index (κ1) is 15.6. The summed E-state index contributed by atoms with van der Waals surface area (Å²) in [4.78, 5) is 36.5. The molecular weight excluding hydrogens is 274 g/mol. The summed E-state index contributed by atoms with van der Waals surface area (Å²) < 4.78 is 0. The topological polar surface area (TPSA) is 98.7 Å². The molecule has 0 spiro atoms. The Hall–Kier alpha value is -1.79. The van der Waals surface area contributed by atoms with E-state index in [1.807, 2.05) is 13.8 Å². The number of carbonyl (C=O) groups excluding carboxylic acids is 2. The molecule has 0 bridgehead atoms. The smallest absolute Gasteiger partial charge is 0.327 e. The van der Waals surface area contributed by atoms with Crippen LogP contribution in [0, 0.1) is 5.41 Å². The highest BCUT2D eigenvalue weighted by molar-refractivity contribution is 5.87. The van der Waals surface area contributed by atoms with E-state index in [0.29, 0.717) is 6.54 Å². The number of aliphatic carboxylic acids is 1. The number of nitrogens with zero attached hydrogens (tertiary/aromatic N) is 1. The fourth-order valence-electron chi connectivity index (χ4n) is 2.84. The Balaban J connectivity index is 1.92. The van der Waals surface area contributed by atoms with E-state index in [0.717, 1.165) is 25.7 Å². The number of piperidine rings is 1. The van der Waals surface area contributed by atoms with E-state index in [1.165, 1.54) is 4.90 Å². The van der Waals surface area contributed by atoms with Gasteiger partial charge in [-0.15, -0.1) is 0 Å². The molecule has 0 aromatic rings. The summed E-state index contributed by atoms with van der Waals surface area (Å²) in [5.41, 5.74) is -0.475. The number of hydrogen-bond donors (Lipinski definition) is 3. The van der Waals surface area contributed by atoms with Crippen LogP contribution < -0.4 is 10.6 Å². The van der Waals surface area contributed by atoms with Gasteiger partial charge in [-0.25, -0.2) is 9.59 Å². The van der Waals surface area contributed by atoms with Crippen LogP contribution in [0.2, 0.25) is 0 Å². The molecule has 0 aromatic carbocycles. The first-order valence-electron chi connectivity index (χ1n) is 7.38. The van der Waals surface area contributed by atoms with Crippen LogP contribution >= 0.6 is 0 Å². The van der Waals surface area contributed by atoms with Crippen LogP contribution in [0.1, 0.15) is 39.5 Å². The Morgan fingerprint density at radius 3 is 2.52 bits per heavy atom. The second-order valence-corrected chi connectivity index (χ2v) is 6.53. The quantitative estimate of drug-likeness (QED) is 0.705. The van der Waals surface area contributed by atoms with E-state index < -0.39 is 23.5 Å². The molecular formula is C14H23N3O4. The molecule has 3 amide bonds. The maximum Gasteiger partial charge on any atom is 0.327 e. The fraction of sp³-hybridized carbons (Fsp3) is 0.786. The number of carboxylic acids is 1. The lowest BCUT2D eigenvalue weighted by molar-refractivity contribution is -0.148. The van der Waals surface area contributed by atoms with Crippen molar-refractivity contribution in [1.82, 2.24) is 15.5 Å². The maximum absolute atomic E-state index is 12.2. The number of amides is 3. The zero-order valence-corrected chi connectivity index (χ0v) is 12.5. The van der Waals surface area contributed by atoms with Crippen molar-refractivity contribution in [2.75, 3.05) is 13.1 Å². The van der Waals surface area contributed by atoms with Crippen molar-refractivity contribution in [3.63, 3.8) is 0 Å². The van der Waals surface area contributed by atoms with Crippen LogP contribution in [-0.4, -0.2) is 53.1 Å². The minimum Gasteiger partial charge on any atom is -0.480 e. The molecule has 1 saturated carbocycles. The van der Waals surface area contributed by atoms with Crippen molar-refractivity contribution in [1.29, 1.82) is 0 Å². The minimum atomic E-state index is -1.00. The summed E-state index contributed by atoms with van der Waals surface area (Å²) >= 11 is 0. The molecule has 0 aromatic heterocycles. The second kappa shape index (κ2) is 5.91. The molecule has 0 radical (unpaired) electrons. The number of likely N-dealkylation sites (tertiary alicyclic amines) is 1. The van der Waals surface area contributed by atoms with Gasteiger partial charge < -0.3 is 20.6 Å². The average molecular weight is 297 g/mol. The molecule has 2 aliphatic rings. The van der Waals surface area contributed by atoms with Crippen LogP contribution in [-0.2, 0) is 9.59 Å². The molecule has 21 heavy (non-hydrogen) atoms. The van der Waals surface area contributed by atoms with E-state index >= 15 is 0 Å². The first-order chi connectivity index (χ1) is 9.81. The van der Waals surface area contributed by atoms with Gasteiger partial charge in [-0.2, -0.15) is 0 Å². The largest absolute Gasteiger partial charge is 0.480 e. The lowest BCUT2D eigenvalue weighted by atomic mass is 9.76. The number of hydrogen-bond acceptors (Lipinski definition) is 3. The predicted molar refractivity (Wildman–Crippen MR) is 75.7 cm³/mol. The van der Waals surface area contributed by atoms with Crippen molar-refractivity contribution < 1.29 is 19.5 Å². The second-order valence-electron chi connectivity index (χ2n) is 6.53. The Morgan fingerprint density at radius 1 is 1.29 bits per heavy atom. The highest BCUT2D eigenvalue weighted by Crippen LogP contribution is 2.35. The van der Waals surface area contributed by atoms with Crippen molar-refractivity contribution in [2.45, 2.75) is 51.6 Å². The van der Waals surface area contributed by atoms with Crippen LogP contribution in [0.3, 0.4) is 0 Å². The average Bonchev–Trinajstić information content (AvgIpc) is 3.17. The molecule has 1 aliphatic carbocycles. The molecule has 7 nitrogen and oxygen atoms in total. The van der Waals surface area contributed by atoms with Crippen molar-refractivity contribution >= 4 is 17.9 Å². The maximum atomic E-state index is 12.2. The third kappa shape index (κ3) is 3.86. The number of rotatable bonds is 4. The summed E-state index contributed by atoms with van der Waals surface area (Å²) in [7, 11) is 0. The molecule has 1 unspecified atom stereocenters. The summed E-state index contributed by atoms with van der Waals surface area (Å²) in [6, 6.07) is -1.10. The molecule has 2 rings (SSSR count). The molecule has 1 atom stereocenters. The number of nitrogens with one attached hydrogen (secondary N) is 2. The Labute approximate surface area is 124 Å². The lowest BCUT2D eigenvalue weighted by Crippen LogP contribution is -2.59. The van der Waals surface area contributed by atoms with Gasteiger partial charge in [0, 0.05) is 12.6 Å². The summed E-state index contributed by atoms with van der Waals surface area (Å²) in [5.74, 6) is -1.23. The van der Waals surface area contributed by atoms with Gasteiger partial charge in [0.1, 0.15) is 6.04 Å². The number of carboxylic acid groups (broad SMARTS) is 1. The standard InChI is InChI=1S/C14H23N3O4/c1-14(2)6-3-7-17(11(14)12(19)20)13(21)15-8-10(18)16-9-4-5-9/h9,11H,3-8H2,1-2H3,(H,15,21)(H,16,18)(H,19,20). The Morgan fingerprint density at radius 2 is 1.95 bits per heavy atom. The van der Waals surface area contributed by atoms with Gasteiger partial charge in [-0.1, -0.05) is 13.8 Å². The van der Waals surface area contributed by atoms with E-state index in [1.54, 1.807) is 0 Å². The molecule has 7 heteroatoms. The Bertz CT molecular complexity index is 446. The zero-order chi connectivity index (χ0) is 15.6. The SMILES string of the molecule is CC1(C)CCCN(C(=O)NCC(=O)NC2CC2)C1C(=O)O. The third-order valence-corrected chi connectivity index (χ3v) is 4.11. The van der Waals surface area contributed by atoms with Crippen LogP contribution in [0.4, 0.5) is 4.79 Å². The van der Waals surface area contributed by atoms with Crippen LogP contribution in [0.15, 0.2) is 0 Å². The van der Waals surface area contributed by atoms with Gasteiger partial charge in [-0.05, 0) is 31.1 Å². The van der Waals surface area contributed by atoms with E-state index in [9.17, 15) is 19.5 Å². The predicted octanol–water partition coefficient (Wildman–Crippen LogP) is 0.550. The molecule has 118 valence electrons. The van der Waals surface area contributed by atoms with Crippen molar-refractivity contribution in [3.05, 3.63) is 0 Å². The summed E-state index contributed by atoms with van der Waals surface area (Å²) in [5, 5.41) is 14.7. The van der Waals surface area contributed by atoms with E-state index in [-0.39, 0.29) is 18.5 Å². The summed E-state index contributed by atoms with van der Waals surface area (Å²) in [6.45, 7) is 3.99. The third-order valence-electron chi connectivity index (χ3n) is 4.11. The fourth-order valence-corrected chi connectivity index (χ4v) is 2.84. The molecule has 1 saturated heterocycles. The highest BCUT2D eigenvalue weighted by atomic mass is 16.4. The van der Waals surface area contributed by atoms with Crippen LogP contribution in [0.5, 0.6) is 0 Å². The van der Waals surface area contributed by atoms with Gasteiger partial charge in [0.15, 0.2) is 0 Å². The van der Waals surface area contributed by atoms with Crippen LogP contribution in [0.25, 0.3) is 0 Å². The molecule has 2 fully saturated rings. The molecule has 1 heterocycles. The summed E-state index contributed by atoms with van der Waals surface area (Å²) in [6.07, 6.45) is 3.50. The first-order valence-corrected chi connectivity index (χ1v) is 7.38. The van der Waals surface area contributed by atoms with Gasteiger partial charge in [0.05, 0.1) is 6.54 Å². The van der Waals surface area contributed by atoms with Crippen molar-refractivity contribution in [3.8, 4) is 0 Å². The van der Waals surface area contributed by atoms with E-state index in [4.69, 9.17) is 0 Å². The normalized spacial score (nSPS) is 24.3. The minimum absolute atomic E-state index is 0.112. The lowest BCUT2D eigenvalue weighted by Gasteiger charge is -2.43. The van der Waals surface area contributed by atoms with Gasteiger partial charge in [0.25, 0.3) is 0 Å². The molecule has 3 N–H and O–H groups in total. The van der Waals surface area contributed by atoms with Gasteiger partial charge in [-0.3, -0.25) is 4.79 Å². The van der Waals surface area contributed by atoms with E-state index in [2.05, 4.69) is 10.6 Å². The number of urea groups is 1. The Kier molecular flexibility index (Phi) is 4.39.